The van der Waals surface area contributed by atoms with Crippen LogP contribution in [0.5, 0.6) is 0 Å². The number of hydrogen-bond donors (Lipinski definition) is 7. The van der Waals surface area contributed by atoms with Gasteiger partial charge in [0.15, 0.2) is 0 Å². The van der Waals surface area contributed by atoms with Crippen LogP contribution >= 0.6 is 0 Å². The Balaban J connectivity index is 1.39. The molecule has 0 spiro atoms. The molecule has 4 aromatic rings. The summed E-state index contributed by atoms with van der Waals surface area (Å²) in [7, 11) is 0. The van der Waals surface area contributed by atoms with Crippen molar-refractivity contribution in [2.45, 2.75) is 82.1 Å². The van der Waals surface area contributed by atoms with Crippen molar-refractivity contribution in [3.63, 3.8) is 0 Å². The topological polar surface area (TPSA) is 231 Å². The van der Waals surface area contributed by atoms with Crippen molar-refractivity contribution in [1.82, 2.24) is 31.6 Å². The van der Waals surface area contributed by atoms with Crippen molar-refractivity contribution in [1.29, 1.82) is 0 Å². The lowest BCUT2D eigenvalue weighted by Crippen LogP contribution is -2.62. The number of aromatic nitrogens is 1. The number of carbonyl (C=O) groups is 7. The first-order valence-electron chi connectivity index (χ1n) is 18.5. The molecule has 0 unspecified atom stereocenters. The minimum Gasteiger partial charge on any atom is -0.461 e. The predicted octanol–water partition coefficient (Wildman–Crippen LogP) is 1.59. The molecule has 5 rings (SSSR count). The van der Waals surface area contributed by atoms with Gasteiger partial charge in [-0.15, -0.1) is 0 Å². The molecule has 294 valence electrons. The molecule has 8 N–H and O–H groups in total. The number of nitrogens with one attached hydrogen (secondary N) is 6. The number of H-pyrrole nitrogens is 1. The number of carbonyl (C=O) groups excluding carboxylic acids is 7. The van der Waals surface area contributed by atoms with E-state index < -0.39 is 77.9 Å². The predicted molar refractivity (Wildman–Crippen MR) is 206 cm³/mol. The lowest BCUT2D eigenvalue weighted by Gasteiger charge is -2.32. The van der Waals surface area contributed by atoms with Crippen LogP contribution in [0, 0.1) is 0 Å². The Morgan fingerprint density at radius 1 is 0.857 bits per heavy atom. The molecule has 2 heterocycles. The molecule has 0 radical (unpaired) electrons. The normalized spacial score (nSPS) is 19.0. The van der Waals surface area contributed by atoms with Crippen LogP contribution in [0.15, 0.2) is 91.1 Å². The largest absolute Gasteiger partial charge is 0.461 e. The van der Waals surface area contributed by atoms with Crippen LogP contribution < -0.4 is 32.3 Å². The molecule has 3 aromatic carbocycles. The molecule has 4 atom stereocenters. The van der Waals surface area contributed by atoms with Gasteiger partial charge in [0, 0.05) is 36.5 Å². The summed E-state index contributed by atoms with van der Waals surface area (Å²) in [6.07, 6.45) is 1.51. The highest BCUT2D eigenvalue weighted by Crippen LogP contribution is 2.24. The highest BCUT2D eigenvalue weighted by molar-refractivity contribution is 6.01. The maximum Gasteiger partial charge on any atom is 0.308 e. The SMILES string of the molecule is C[C@@]1(Cc2c[nH]c3ccccc23)NC(=O)CC(=O)NCCCC[C@@H](C(=O)N[C@@H](CC(=O)OCc2ccccc2)C(=O)N[C@@H](Cc2ccccc2)C(N)=O)NC1=O. The average Bonchev–Trinajstić information content (AvgIpc) is 3.58. The van der Waals surface area contributed by atoms with Crippen LogP contribution in [0.4, 0.5) is 0 Å². The van der Waals surface area contributed by atoms with Gasteiger partial charge in [0.2, 0.25) is 35.4 Å². The maximum absolute atomic E-state index is 14.2. The zero-order valence-corrected chi connectivity index (χ0v) is 31.1. The van der Waals surface area contributed by atoms with Crippen LogP contribution in [0.1, 0.15) is 55.7 Å². The van der Waals surface area contributed by atoms with Crippen molar-refractivity contribution in [2.24, 2.45) is 5.73 Å². The average molecular weight is 766 g/mol. The highest BCUT2D eigenvalue weighted by atomic mass is 16.5. The van der Waals surface area contributed by atoms with Crippen molar-refractivity contribution in [2.75, 3.05) is 6.54 Å². The van der Waals surface area contributed by atoms with Crippen molar-refractivity contribution < 1.29 is 38.3 Å². The van der Waals surface area contributed by atoms with Gasteiger partial charge in [0.1, 0.15) is 36.7 Å². The van der Waals surface area contributed by atoms with E-state index in [-0.39, 0.29) is 32.4 Å². The Labute approximate surface area is 323 Å². The minimum atomic E-state index is -1.64. The molecule has 1 aromatic heterocycles. The molecule has 15 nitrogen and oxygen atoms in total. The smallest absolute Gasteiger partial charge is 0.308 e. The minimum absolute atomic E-state index is 0.00124. The quantitative estimate of drug-likeness (QED) is 0.0779. The van der Waals surface area contributed by atoms with Crippen LogP contribution in [-0.4, -0.2) is 76.6 Å². The number of ether oxygens (including phenoxy) is 1. The van der Waals surface area contributed by atoms with Crippen LogP contribution in [0.3, 0.4) is 0 Å². The lowest BCUT2D eigenvalue weighted by molar-refractivity contribution is -0.147. The van der Waals surface area contributed by atoms with E-state index in [0.29, 0.717) is 29.5 Å². The molecule has 1 aliphatic rings. The monoisotopic (exact) mass is 765 g/mol. The number of fused-ring (bicyclic) bond motifs is 1. The van der Waals surface area contributed by atoms with Gasteiger partial charge in [-0.05, 0) is 48.9 Å². The molecule has 56 heavy (non-hydrogen) atoms. The third-order valence-corrected chi connectivity index (χ3v) is 9.51. The number of esters is 1. The molecular formula is C41H47N7O8. The Morgan fingerprint density at radius 3 is 2.25 bits per heavy atom. The summed E-state index contributed by atoms with van der Waals surface area (Å²) >= 11 is 0. The Hall–Kier alpha value is -6.51. The maximum atomic E-state index is 14.2. The molecule has 15 heteroatoms. The number of para-hydroxylation sites is 1. The van der Waals surface area contributed by atoms with Gasteiger partial charge in [-0.25, -0.2) is 0 Å². The van der Waals surface area contributed by atoms with E-state index in [0.717, 1.165) is 10.9 Å². The molecule has 0 aliphatic carbocycles. The Bertz CT molecular complexity index is 2040. The molecule has 0 bridgehead atoms. The zero-order valence-electron chi connectivity index (χ0n) is 31.1. The molecule has 1 fully saturated rings. The number of benzene rings is 3. The number of aromatic amines is 1. The van der Waals surface area contributed by atoms with Gasteiger partial charge < -0.3 is 42.0 Å². The Kier molecular flexibility index (Phi) is 13.9. The number of primary amides is 1. The molecule has 6 amide bonds. The van der Waals surface area contributed by atoms with Crippen LogP contribution in [-0.2, 0) is 57.7 Å². The number of rotatable bonds is 13. The summed E-state index contributed by atoms with van der Waals surface area (Å²) in [6, 6.07) is 21.2. The van der Waals surface area contributed by atoms with Gasteiger partial charge in [-0.1, -0.05) is 78.9 Å². The van der Waals surface area contributed by atoms with Crippen molar-refractivity contribution in [3.8, 4) is 0 Å². The van der Waals surface area contributed by atoms with Gasteiger partial charge in [-0.2, -0.15) is 0 Å². The second-order valence-corrected chi connectivity index (χ2v) is 14.0. The van der Waals surface area contributed by atoms with Gasteiger partial charge >= 0.3 is 5.97 Å². The number of amides is 6. The summed E-state index contributed by atoms with van der Waals surface area (Å²) in [5.74, 6) is -5.22. The molecular weight excluding hydrogens is 718 g/mol. The fourth-order valence-corrected chi connectivity index (χ4v) is 6.48. The first-order chi connectivity index (χ1) is 26.9. The summed E-state index contributed by atoms with van der Waals surface area (Å²) in [6.45, 7) is 1.63. The summed E-state index contributed by atoms with van der Waals surface area (Å²) in [5, 5.41) is 14.2. The zero-order chi connectivity index (χ0) is 40.1. The van der Waals surface area contributed by atoms with E-state index >= 15 is 0 Å². The van der Waals surface area contributed by atoms with Gasteiger partial charge in [-0.3, -0.25) is 33.6 Å². The van der Waals surface area contributed by atoms with Gasteiger partial charge in [0.05, 0.1) is 6.42 Å². The van der Waals surface area contributed by atoms with E-state index in [2.05, 4.69) is 31.6 Å². The summed E-state index contributed by atoms with van der Waals surface area (Å²) in [4.78, 5) is 96.6. The van der Waals surface area contributed by atoms with E-state index in [1.165, 1.54) is 6.92 Å². The van der Waals surface area contributed by atoms with Crippen LogP contribution in [0.2, 0.25) is 0 Å². The first kappa shape index (κ1) is 40.7. The first-order valence-corrected chi connectivity index (χ1v) is 18.5. The third kappa shape index (κ3) is 11.5. The van der Waals surface area contributed by atoms with E-state index in [4.69, 9.17) is 10.5 Å². The van der Waals surface area contributed by atoms with Crippen LogP contribution in [0.25, 0.3) is 10.9 Å². The number of nitrogens with two attached hydrogens (primary N) is 1. The van der Waals surface area contributed by atoms with Crippen molar-refractivity contribution in [3.05, 3.63) is 108 Å². The second kappa shape index (κ2) is 19.2. The highest BCUT2D eigenvalue weighted by Gasteiger charge is 2.39. The summed E-state index contributed by atoms with van der Waals surface area (Å²) < 4.78 is 5.42. The standard InChI is InChI=1S/C41H47N7O8/c1-41(23-28-24-44-30-17-9-8-16-29(28)30)40(55)47-31(18-10-11-19-43-34(49)22-35(50)48-41)38(53)46-33(21-36(51)56-25-27-14-6-3-7-15-27)39(54)45-32(37(42)52)20-26-12-4-2-5-13-26/h2-9,12-17,24,31-33,44H,10-11,18-23,25H2,1H3,(H2,42,52)(H,43,49)(H,45,54)(H,46,53)(H,47,55)(H,48,50)/t31-,32-,33-,41-/m0/s1. The second-order valence-electron chi connectivity index (χ2n) is 14.0. The van der Waals surface area contributed by atoms with Gasteiger partial charge in [0.25, 0.3) is 0 Å². The molecule has 1 saturated heterocycles. The summed E-state index contributed by atoms with van der Waals surface area (Å²) in [5.41, 5.74) is 6.95. The van der Waals surface area contributed by atoms with E-state index in [1.54, 1.807) is 60.8 Å². The Morgan fingerprint density at radius 2 is 1.54 bits per heavy atom. The van der Waals surface area contributed by atoms with E-state index in [9.17, 15) is 33.6 Å². The fraction of sp³-hybridized carbons (Fsp3) is 0.341. The lowest BCUT2D eigenvalue weighted by atomic mass is 9.90. The third-order valence-electron chi connectivity index (χ3n) is 9.51. The molecule has 0 saturated carbocycles. The van der Waals surface area contributed by atoms with Crippen molar-refractivity contribution >= 4 is 52.3 Å². The molecule has 1 aliphatic heterocycles. The number of hydrogen-bond acceptors (Lipinski definition) is 8. The van der Waals surface area contributed by atoms with E-state index in [1.807, 2.05) is 30.3 Å². The fourth-order valence-electron chi connectivity index (χ4n) is 6.48.